The second kappa shape index (κ2) is 7.03. The number of hydrogen-bond donors (Lipinski definition) is 1. The quantitative estimate of drug-likeness (QED) is 0.512. The number of anilines is 2. The first-order chi connectivity index (χ1) is 12.3. The molecule has 124 valence electrons. The number of nitrogens with zero attached hydrogens (tertiary/aromatic N) is 2. The molecule has 2 heterocycles. The van der Waals surface area contributed by atoms with Gasteiger partial charge in [0.05, 0.1) is 5.39 Å². The van der Waals surface area contributed by atoms with Crippen LogP contribution in [0.1, 0.15) is 23.2 Å². The molecule has 0 unspecified atom stereocenters. The lowest BCUT2D eigenvalue weighted by Gasteiger charge is -2.09. The Balaban J connectivity index is 1.76. The number of benzene rings is 2. The van der Waals surface area contributed by atoms with Gasteiger partial charge in [-0.25, -0.2) is 9.97 Å². The van der Waals surface area contributed by atoms with Crippen molar-refractivity contribution < 1.29 is 0 Å². The van der Waals surface area contributed by atoms with Gasteiger partial charge in [-0.15, -0.1) is 11.3 Å². The summed E-state index contributed by atoms with van der Waals surface area (Å²) in [5.74, 6) is 1.74. The summed E-state index contributed by atoms with van der Waals surface area (Å²) in [6, 6.07) is 22.7. The highest BCUT2D eigenvalue weighted by Gasteiger charge is 2.12. The molecule has 4 rings (SSSR count). The molecule has 0 saturated heterocycles. The molecular formula is C21H19N3S. The highest BCUT2D eigenvalue weighted by atomic mass is 32.1. The van der Waals surface area contributed by atoms with Crippen molar-refractivity contribution in [2.75, 3.05) is 5.32 Å². The number of aromatic nitrogens is 2. The Hall–Kier alpha value is -2.72. The molecule has 2 aromatic heterocycles. The van der Waals surface area contributed by atoms with Crippen molar-refractivity contribution in [2.24, 2.45) is 0 Å². The Bertz CT molecular complexity index is 978. The minimum atomic E-state index is 0.736. The zero-order valence-electron chi connectivity index (χ0n) is 14.1. The van der Waals surface area contributed by atoms with E-state index in [2.05, 4.69) is 54.7 Å². The molecular weight excluding hydrogens is 326 g/mol. The van der Waals surface area contributed by atoms with E-state index in [0.717, 1.165) is 40.4 Å². The Morgan fingerprint density at radius 2 is 1.64 bits per heavy atom. The molecule has 4 heteroatoms. The smallest absolute Gasteiger partial charge is 0.142 e. The maximum absolute atomic E-state index is 4.82. The van der Waals surface area contributed by atoms with E-state index in [1.165, 1.54) is 10.4 Å². The normalized spacial score (nSPS) is 10.9. The molecule has 0 atom stereocenters. The van der Waals surface area contributed by atoms with Gasteiger partial charge < -0.3 is 5.32 Å². The van der Waals surface area contributed by atoms with Gasteiger partial charge in [-0.3, -0.25) is 0 Å². The van der Waals surface area contributed by atoms with Gasteiger partial charge in [0.25, 0.3) is 0 Å². The third-order valence-electron chi connectivity index (χ3n) is 4.08. The summed E-state index contributed by atoms with van der Waals surface area (Å²) in [7, 11) is 0. The van der Waals surface area contributed by atoms with E-state index in [0.29, 0.717) is 0 Å². The second-order valence-electron chi connectivity index (χ2n) is 5.93. The van der Waals surface area contributed by atoms with Crippen LogP contribution >= 0.6 is 11.3 Å². The molecule has 1 N–H and O–H groups in total. The molecule has 2 aromatic carbocycles. The van der Waals surface area contributed by atoms with Crippen LogP contribution < -0.4 is 5.32 Å². The van der Waals surface area contributed by atoms with E-state index in [4.69, 9.17) is 9.97 Å². The zero-order valence-corrected chi connectivity index (χ0v) is 14.9. The summed E-state index contributed by atoms with van der Waals surface area (Å²) in [6.45, 7) is 2.17. The van der Waals surface area contributed by atoms with Gasteiger partial charge in [-0.1, -0.05) is 55.5 Å². The predicted molar refractivity (Wildman–Crippen MR) is 106 cm³/mol. The Labute approximate surface area is 151 Å². The number of nitrogens with one attached hydrogen (secondary N) is 1. The van der Waals surface area contributed by atoms with Crippen LogP contribution in [0.4, 0.5) is 11.5 Å². The number of hydrogen-bond acceptors (Lipinski definition) is 4. The molecule has 0 amide bonds. The van der Waals surface area contributed by atoms with Crippen molar-refractivity contribution >= 4 is 33.1 Å². The molecule has 0 radical (unpaired) electrons. The van der Waals surface area contributed by atoms with Crippen LogP contribution in [-0.2, 0) is 12.8 Å². The van der Waals surface area contributed by atoms with Crippen molar-refractivity contribution in [2.45, 2.75) is 19.8 Å². The Kier molecular flexibility index (Phi) is 4.44. The third-order valence-corrected chi connectivity index (χ3v) is 5.25. The second-order valence-corrected chi connectivity index (χ2v) is 7.04. The summed E-state index contributed by atoms with van der Waals surface area (Å²) in [5.41, 5.74) is 2.26. The monoisotopic (exact) mass is 345 g/mol. The highest BCUT2D eigenvalue weighted by molar-refractivity contribution is 7.18. The maximum atomic E-state index is 4.82. The first-order valence-electron chi connectivity index (χ1n) is 8.47. The molecule has 0 fully saturated rings. The Morgan fingerprint density at radius 3 is 2.36 bits per heavy atom. The lowest BCUT2D eigenvalue weighted by molar-refractivity contribution is 1.000. The van der Waals surface area contributed by atoms with E-state index in [-0.39, 0.29) is 0 Å². The maximum Gasteiger partial charge on any atom is 0.142 e. The minimum absolute atomic E-state index is 0.736. The summed E-state index contributed by atoms with van der Waals surface area (Å²) < 4.78 is 0. The van der Waals surface area contributed by atoms with Crippen LogP contribution in [0.25, 0.3) is 10.2 Å². The predicted octanol–water partition coefficient (Wildman–Crippen LogP) is 5.59. The van der Waals surface area contributed by atoms with Crippen LogP contribution in [0.5, 0.6) is 0 Å². The van der Waals surface area contributed by atoms with E-state index < -0.39 is 0 Å². The van der Waals surface area contributed by atoms with Gasteiger partial charge in [-0.2, -0.15) is 0 Å². The fraction of sp³-hybridized carbons (Fsp3) is 0.143. The molecule has 0 bridgehead atoms. The highest BCUT2D eigenvalue weighted by Crippen LogP contribution is 2.31. The third kappa shape index (κ3) is 3.54. The molecule has 3 nitrogen and oxygen atoms in total. The first kappa shape index (κ1) is 15.8. The van der Waals surface area contributed by atoms with Crippen LogP contribution in [0.3, 0.4) is 0 Å². The van der Waals surface area contributed by atoms with Gasteiger partial charge >= 0.3 is 0 Å². The average molecular weight is 345 g/mol. The van der Waals surface area contributed by atoms with Gasteiger partial charge in [0.1, 0.15) is 16.5 Å². The van der Waals surface area contributed by atoms with Crippen LogP contribution in [-0.4, -0.2) is 9.97 Å². The molecule has 4 aromatic rings. The average Bonchev–Trinajstić information content (AvgIpc) is 3.07. The van der Waals surface area contributed by atoms with Gasteiger partial charge in [0.2, 0.25) is 0 Å². The summed E-state index contributed by atoms with van der Waals surface area (Å²) >= 11 is 1.76. The molecule has 0 spiro atoms. The van der Waals surface area contributed by atoms with E-state index in [9.17, 15) is 0 Å². The SMILES string of the molecule is CCc1cc2c(Nc3ccccc3)nc(Cc3ccccc3)nc2s1. The van der Waals surface area contributed by atoms with Crippen molar-refractivity contribution in [1.82, 2.24) is 9.97 Å². The van der Waals surface area contributed by atoms with Gasteiger partial charge in [0, 0.05) is 17.0 Å². The summed E-state index contributed by atoms with van der Waals surface area (Å²) in [5, 5.41) is 4.57. The molecule has 0 aliphatic rings. The molecule has 0 saturated carbocycles. The van der Waals surface area contributed by atoms with E-state index in [1.54, 1.807) is 11.3 Å². The van der Waals surface area contributed by atoms with E-state index >= 15 is 0 Å². The van der Waals surface area contributed by atoms with Crippen LogP contribution in [0.15, 0.2) is 66.7 Å². The minimum Gasteiger partial charge on any atom is -0.340 e. The number of rotatable bonds is 5. The van der Waals surface area contributed by atoms with Crippen molar-refractivity contribution in [1.29, 1.82) is 0 Å². The van der Waals surface area contributed by atoms with Gasteiger partial charge in [-0.05, 0) is 30.2 Å². The lowest BCUT2D eigenvalue weighted by Crippen LogP contribution is -2.01. The molecule has 0 aliphatic carbocycles. The summed E-state index contributed by atoms with van der Waals surface area (Å²) in [6.07, 6.45) is 1.75. The number of para-hydroxylation sites is 1. The van der Waals surface area contributed by atoms with Crippen molar-refractivity contribution in [3.63, 3.8) is 0 Å². The standard InChI is InChI=1S/C21H19N3S/c1-2-17-14-18-20(22-16-11-7-4-8-12-16)23-19(24-21(18)25-17)13-15-9-5-3-6-10-15/h3-12,14H,2,13H2,1H3,(H,22,23,24). The van der Waals surface area contributed by atoms with Crippen molar-refractivity contribution in [3.05, 3.63) is 83.0 Å². The lowest BCUT2D eigenvalue weighted by atomic mass is 10.1. The van der Waals surface area contributed by atoms with E-state index in [1.807, 2.05) is 24.3 Å². The fourth-order valence-electron chi connectivity index (χ4n) is 2.80. The Morgan fingerprint density at radius 1 is 0.920 bits per heavy atom. The first-order valence-corrected chi connectivity index (χ1v) is 9.29. The van der Waals surface area contributed by atoms with Gasteiger partial charge in [0.15, 0.2) is 0 Å². The zero-order chi connectivity index (χ0) is 17.1. The summed E-state index contributed by atoms with van der Waals surface area (Å²) in [4.78, 5) is 12.0. The number of thiophene rings is 1. The number of fused-ring (bicyclic) bond motifs is 1. The van der Waals surface area contributed by atoms with Crippen LogP contribution in [0.2, 0.25) is 0 Å². The molecule has 0 aliphatic heterocycles. The fourth-order valence-corrected chi connectivity index (χ4v) is 3.79. The number of aryl methyl sites for hydroxylation is 1. The topological polar surface area (TPSA) is 37.8 Å². The largest absolute Gasteiger partial charge is 0.340 e. The van der Waals surface area contributed by atoms with Crippen molar-refractivity contribution in [3.8, 4) is 0 Å². The van der Waals surface area contributed by atoms with Crippen LogP contribution in [0, 0.1) is 0 Å². The molecule has 25 heavy (non-hydrogen) atoms.